The molecule has 0 atom stereocenters. The number of benzene rings is 1. The quantitative estimate of drug-likeness (QED) is 0.913. The maximum Gasteiger partial charge on any atom is 0.0650 e. The molecule has 4 nitrogen and oxygen atoms in total. The van der Waals surface area contributed by atoms with Gasteiger partial charge in [-0.1, -0.05) is 0 Å². The lowest BCUT2D eigenvalue weighted by molar-refractivity contribution is 0.801. The molecule has 0 aliphatic heterocycles. The van der Waals surface area contributed by atoms with Gasteiger partial charge in [0.2, 0.25) is 0 Å². The molecule has 102 valence electrons. The smallest absolute Gasteiger partial charge is 0.0650 e. The molecule has 2 aromatic rings. The lowest BCUT2D eigenvalue weighted by atomic mass is 10.2. The van der Waals surface area contributed by atoms with Crippen LogP contribution in [0, 0.1) is 13.8 Å². The first-order valence-corrected chi connectivity index (χ1v) is 6.52. The molecule has 0 bridgehead atoms. The second-order valence-corrected chi connectivity index (χ2v) is 5.00. The van der Waals surface area contributed by atoms with Crippen molar-refractivity contribution in [2.75, 3.05) is 26.0 Å². The van der Waals surface area contributed by atoms with Gasteiger partial charge >= 0.3 is 0 Å². The molecule has 4 heteroatoms. The normalized spacial score (nSPS) is 10.8. The highest BCUT2D eigenvalue weighted by Crippen LogP contribution is 2.20. The highest BCUT2D eigenvalue weighted by atomic mass is 15.3. The minimum Gasteiger partial charge on any atom is -0.378 e. The maximum absolute atomic E-state index is 4.64. The van der Waals surface area contributed by atoms with E-state index in [1.807, 2.05) is 25.8 Å². The van der Waals surface area contributed by atoms with Gasteiger partial charge < -0.3 is 10.2 Å². The topological polar surface area (TPSA) is 33.1 Å². The Labute approximate surface area is 115 Å². The summed E-state index contributed by atoms with van der Waals surface area (Å²) in [7, 11) is 6.05. The fraction of sp³-hybridized carbons (Fsp3) is 0.400. The van der Waals surface area contributed by atoms with Crippen molar-refractivity contribution in [1.29, 1.82) is 0 Å². The van der Waals surface area contributed by atoms with Gasteiger partial charge in [0.25, 0.3) is 0 Å². The van der Waals surface area contributed by atoms with Crippen LogP contribution in [-0.4, -0.2) is 30.9 Å². The van der Waals surface area contributed by atoms with E-state index in [2.05, 4.69) is 53.4 Å². The summed E-state index contributed by atoms with van der Waals surface area (Å²) in [6.07, 6.45) is 0. The van der Waals surface area contributed by atoms with Gasteiger partial charge in [0, 0.05) is 37.6 Å². The van der Waals surface area contributed by atoms with Crippen LogP contribution >= 0.6 is 0 Å². The van der Waals surface area contributed by atoms with Crippen molar-refractivity contribution < 1.29 is 0 Å². The van der Waals surface area contributed by atoms with Gasteiger partial charge in [-0.25, -0.2) is 4.68 Å². The van der Waals surface area contributed by atoms with E-state index in [1.54, 1.807) is 0 Å². The summed E-state index contributed by atoms with van der Waals surface area (Å²) in [5, 5.41) is 7.83. The first-order valence-electron chi connectivity index (χ1n) is 6.52. The second-order valence-electron chi connectivity index (χ2n) is 5.00. The Hall–Kier alpha value is -1.81. The number of hydrogen-bond donors (Lipinski definition) is 1. The maximum atomic E-state index is 4.64. The third kappa shape index (κ3) is 2.63. The van der Waals surface area contributed by atoms with Gasteiger partial charge in [0.1, 0.15) is 0 Å². The predicted molar refractivity (Wildman–Crippen MR) is 80.1 cm³/mol. The number of rotatable bonds is 4. The van der Waals surface area contributed by atoms with E-state index in [-0.39, 0.29) is 0 Å². The standard InChI is InChI=1S/C15H22N4/c1-11-15(10-16-3)12(2)19(17-11)14-8-6-13(7-9-14)18(4)5/h6-9,16H,10H2,1-5H3. The van der Waals surface area contributed by atoms with Crippen molar-refractivity contribution >= 4 is 5.69 Å². The largest absolute Gasteiger partial charge is 0.378 e. The van der Waals surface area contributed by atoms with Gasteiger partial charge in [0.15, 0.2) is 0 Å². The van der Waals surface area contributed by atoms with Crippen LogP contribution in [0.3, 0.4) is 0 Å². The van der Waals surface area contributed by atoms with Crippen molar-refractivity contribution in [2.24, 2.45) is 0 Å². The van der Waals surface area contributed by atoms with Crippen molar-refractivity contribution in [3.8, 4) is 5.69 Å². The summed E-state index contributed by atoms with van der Waals surface area (Å²) in [5.41, 5.74) is 5.86. The molecule has 1 heterocycles. The fourth-order valence-corrected chi connectivity index (χ4v) is 2.25. The first kappa shape index (κ1) is 13.6. The Morgan fingerprint density at radius 2 is 1.79 bits per heavy atom. The number of nitrogens with one attached hydrogen (secondary N) is 1. The van der Waals surface area contributed by atoms with Crippen LogP contribution in [-0.2, 0) is 6.54 Å². The molecule has 0 saturated heterocycles. The molecular formula is C15H22N4. The summed E-state index contributed by atoms with van der Waals surface area (Å²) in [6, 6.07) is 8.45. The average molecular weight is 258 g/mol. The Morgan fingerprint density at radius 3 is 2.32 bits per heavy atom. The predicted octanol–water partition coefficient (Wildman–Crippen LogP) is 2.27. The summed E-state index contributed by atoms with van der Waals surface area (Å²) >= 11 is 0. The third-order valence-electron chi connectivity index (χ3n) is 3.41. The van der Waals surface area contributed by atoms with Crippen LogP contribution in [0.25, 0.3) is 5.69 Å². The van der Waals surface area contributed by atoms with Gasteiger partial charge in [-0.15, -0.1) is 0 Å². The molecule has 0 amide bonds. The van der Waals surface area contributed by atoms with Crippen molar-refractivity contribution in [3.63, 3.8) is 0 Å². The van der Waals surface area contributed by atoms with Crippen LogP contribution in [0.1, 0.15) is 17.0 Å². The molecule has 1 aromatic heterocycles. The van der Waals surface area contributed by atoms with Crippen LogP contribution < -0.4 is 10.2 Å². The van der Waals surface area contributed by atoms with Crippen LogP contribution in [0.15, 0.2) is 24.3 Å². The summed E-state index contributed by atoms with van der Waals surface area (Å²) in [6.45, 7) is 5.03. The van der Waals surface area contributed by atoms with Crippen LogP contribution in [0.4, 0.5) is 5.69 Å². The van der Waals surface area contributed by atoms with E-state index in [0.29, 0.717) is 0 Å². The number of hydrogen-bond acceptors (Lipinski definition) is 3. The molecule has 2 rings (SSSR count). The zero-order valence-corrected chi connectivity index (χ0v) is 12.4. The molecule has 1 aromatic carbocycles. The summed E-state index contributed by atoms with van der Waals surface area (Å²) in [4.78, 5) is 2.09. The van der Waals surface area contributed by atoms with E-state index >= 15 is 0 Å². The molecule has 0 fully saturated rings. The highest BCUT2D eigenvalue weighted by molar-refractivity contribution is 5.50. The van der Waals surface area contributed by atoms with Crippen LogP contribution in [0.2, 0.25) is 0 Å². The molecule has 0 aliphatic carbocycles. The van der Waals surface area contributed by atoms with Crippen LogP contribution in [0.5, 0.6) is 0 Å². The minimum atomic E-state index is 0.855. The summed E-state index contributed by atoms with van der Waals surface area (Å²) in [5.74, 6) is 0. The number of nitrogens with zero attached hydrogens (tertiary/aromatic N) is 3. The van der Waals surface area contributed by atoms with Gasteiger partial charge in [-0.3, -0.25) is 0 Å². The second kappa shape index (κ2) is 5.45. The molecule has 0 radical (unpaired) electrons. The fourth-order valence-electron chi connectivity index (χ4n) is 2.25. The average Bonchev–Trinajstić information content (AvgIpc) is 2.67. The Bertz CT molecular complexity index is 552. The van der Waals surface area contributed by atoms with Crippen molar-refractivity contribution in [3.05, 3.63) is 41.2 Å². The van der Waals surface area contributed by atoms with Crippen molar-refractivity contribution in [2.45, 2.75) is 20.4 Å². The molecule has 0 aliphatic rings. The van der Waals surface area contributed by atoms with E-state index in [1.165, 1.54) is 16.9 Å². The molecule has 0 spiro atoms. The number of aromatic nitrogens is 2. The van der Waals surface area contributed by atoms with Gasteiger partial charge in [-0.2, -0.15) is 5.10 Å². The lowest BCUT2D eigenvalue weighted by Crippen LogP contribution is -2.09. The van der Waals surface area contributed by atoms with Gasteiger partial charge in [-0.05, 0) is 45.2 Å². The molecule has 1 N–H and O–H groups in total. The van der Waals surface area contributed by atoms with E-state index in [4.69, 9.17) is 0 Å². The van der Waals surface area contributed by atoms with Gasteiger partial charge in [0.05, 0.1) is 11.4 Å². The lowest BCUT2D eigenvalue weighted by Gasteiger charge is -2.13. The molecule has 19 heavy (non-hydrogen) atoms. The SMILES string of the molecule is CNCc1c(C)nn(-c2ccc(N(C)C)cc2)c1C. The Kier molecular flexibility index (Phi) is 3.90. The monoisotopic (exact) mass is 258 g/mol. The highest BCUT2D eigenvalue weighted by Gasteiger charge is 2.11. The third-order valence-corrected chi connectivity index (χ3v) is 3.41. The molecule has 0 saturated carbocycles. The Balaban J connectivity index is 2.39. The molecule has 0 unspecified atom stereocenters. The molecular weight excluding hydrogens is 236 g/mol. The zero-order chi connectivity index (χ0) is 14.0. The number of aryl methyl sites for hydroxylation is 1. The zero-order valence-electron chi connectivity index (χ0n) is 12.4. The first-order chi connectivity index (χ1) is 9.04. The van der Waals surface area contributed by atoms with E-state index in [0.717, 1.165) is 17.9 Å². The van der Waals surface area contributed by atoms with E-state index in [9.17, 15) is 0 Å². The minimum absolute atomic E-state index is 0.855. The number of anilines is 1. The Morgan fingerprint density at radius 1 is 1.16 bits per heavy atom. The van der Waals surface area contributed by atoms with E-state index < -0.39 is 0 Å². The van der Waals surface area contributed by atoms with Crippen molar-refractivity contribution in [1.82, 2.24) is 15.1 Å². The summed E-state index contributed by atoms with van der Waals surface area (Å²) < 4.78 is 2.02.